The summed E-state index contributed by atoms with van der Waals surface area (Å²) in [5.41, 5.74) is 3.38. The Morgan fingerprint density at radius 2 is 2.00 bits per heavy atom. The first kappa shape index (κ1) is 13.9. The quantitative estimate of drug-likeness (QED) is 0.858. The number of hydrogen-bond donors (Lipinski definition) is 2. The maximum absolute atomic E-state index is 4.65. The zero-order chi connectivity index (χ0) is 14.0. The van der Waals surface area contributed by atoms with Crippen molar-refractivity contribution in [3.63, 3.8) is 0 Å². The van der Waals surface area contributed by atoms with Gasteiger partial charge < -0.3 is 10.3 Å². The molecule has 0 atom stereocenters. The third-order valence-corrected chi connectivity index (χ3v) is 3.24. The van der Waals surface area contributed by atoms with Crippen molar-refractivity contribution in [3.05, 3.63) is 24.0 Å². The molecule has 0 aliphatic heterocycles. The molecule has 0 saturated carbocycles. The standard InChI is InChI=1S/C16H25N3/c1-11(2)8-9-17-12-6-7-13-14(10-12)19-15(18-13)16(3,4)5/h6-7,10-11,17H,8-9H2,1-5H3,(H,18,19). The maximum Gasteiger partial charge on any atom is 0.112 e. The van der Waals surface area contributed by atoms with Crippen LogP contribution in [0.4, 0.5) is 5.69 Å². The first-order valence-electron chi connectivity index (χ1n) is 7.10. The Morgan fingerprint density at radius 3 is 2.63 bits per heavy atom. The third-order valence-electron chi connectivity index (χ3n) is 3.24. The van der Waals surface area contributed by atoms with Crippen molar-refractivity contribution in [2.24, 2.45) is 5.92 Å². The second kappa shape index (κ2) is 5.24. The predicted molar refractivity (Wildman–Crippen MR) is 82.7 cm³/mol. The number of imidazole rings is 1. The SMILES string of the molecule is CC(C)CCNc1ccc2nc(C(C)(C)C)[nH]c2c1. The Bertz CT molecular complexity index is 547. The van der Waals surface area contributed by atoms with Gasteiger partial charge in [-0.15, -0.1) is 0 Å². The molecule has 1 aromatic carbocycles. The number of fused-ring (bicyclic) bond motifs is 1. The van der Waals surface area contributed by atoms with Crippen molar-refractivity contribution in [1.82, 2.24) is 9.97 Å². The van der Waals surface area contributed by atoms with Gasteiger partial charge >= 0.3 is 0 Å². The second-order valence-corrected chi connectivity index (χ2v) is 6.68. The van der Waals surface area contributed by atoms with Crippen LogP contribution in [0.2, 0.25) is 0 Å². The Balaban J connectivity index is 2.16. The van der Waals surface area contributed by atoms with Gasteiger partial charge in [-0.3, -0.25) is 0 Å². The summed E-state index contributed by atoms with van der Waals surface area (Å²) < 4.78 is 0. The van der Waals surface area contributed by atoms with Gasteiger partial charge in [0.2, 0.25) is 0 Å². The van der Waals surface area contributed by atoms with E-state index in [9.17, 15) is 0 Å². The second-order valence-electron chi connectivity index (χ2n) is 6.68. The molecule has 0 aliphatic rings. The van der Waals surface area contributed by atoms with Crippen molar-refractivity contribution >= 4 is 16.7 Å². The minimum absolute atomic E-state index is 0.0598. The summed E-state index contributed by atoms with van der Waals surface area (Å²) in [7, 11) is 0. The van der Waals surface area contributed by atoms with Crippen LogP contribution in [0.15, 0.2) is 18.2 Å². The van der Waals surface area contributed by atoms with E-state index in [2.05, 4.69) is 68.1 Å². The molecule has 0 unspecified atom stereocenters. The van der Waals surface area contributed by atoms with E-state index in [0.717, 1.165) is 35.0 Å². The van der Waals surface area contributed by atoms with E-state index in [1.165, 1.54) is 6.42 Å². The van der Waals surface area contributed by atoms with Gasteiger partial charge in [-0.05, 0) is 30.5 Å². The number of hydrogen-bond acceptors (Lipinski definition) is 2. The summed E-state index contributed by atoms with van der Waals surface area (Å²) in [4.78, 5) is 8.07. The number of aromatic amines is 1. The molecule has 0 spiro atoms. The molecular weight excluding hydrogens is 234 g/mol. The van der Waals surface area contributed by atoms with Crippen LogP contribution in [-0.2, 0) is 5.41 Å². The van der Waals surface area contributed by atoms with Crippen LogP contribution in [0.3, 0.4) is 0 Å². The average molecular weight is 259 g/mol. The number of aromatic nitrogens is 2. The van der Waals surface area contributed by atoms with Gasteiger partial charge in [-0.25, -0.2) is 4.98 Å². The van der Waals surface area contributed by atoms with E-state index < -0.39 is 0 Å². The summed E-state index contributed by atoms with van der Waals surface area (Å²) >= 11 is 0. The monoisotopic (exact) mass is 259 g/mol. The van der Waals surface area contributed by atoms with Gasteiger partial charge in [0.15, 0.2) is 0 Å². The molecule has 0 aliphatic carbocycles. The number of anilines is 1. The number of nitrogens with one attached hydrogen (secondary N) is 2. The lowest BCUT2D eigenvalue weighted by atomic mass is 9.96. The van der Waals surface area contributed by atoms with E-state index in [4.69, 9.17) is 0 Å². The zero-order valence-corrected chi connectivity index (χ0v) is 12.7. The molecule has 0 amide bonds. The summed E-state index contributed by atoms with van der Waals surface area (Å²) in [6.07, 6.45) is 1.19. The molecule has 0 bridgehead atoms. The van der Waals surface area contributed by atoms with Crippen LogP contribution in [-0.4, -0.2) is 16.5 Å². The van der Waals surface area contributed by atoms with Gasteiger partial charge in [0, 0.05) is 17.6 Å². The molecule has 104 valence electrons. The van der Waals surface area contributed by atoms with E-state index in [0.29, 0.717) is 0 Å². The fraction of sp³-hybridized carbons (Fsp3) is 0.562. The molecule has 3 nitrogen and oxygen atoms in total. The lowest BCUT2D eigenvalue weighted by molar-refractivity contribution is 0.554. The summed E-state index contributed by atoms with van der Waals surface area (Å²) in [5, 5.41) is 3.47. The van der Waals surface area contributed by atoms with Crippen LogP contribution in [0.1, 0.15) is 46.9 Å². The van der Waals surface area contributed by atoms with Crippen LogP contribution >= 0.6 is 0 Å². The molecule has 0 saturated heterocycles. The lowest BCUT2D eigenvalue weighted by Gasteiger charge is -2.13. The minimum atomic E-state index is 0.0598. The predicted octanol–water partition coefficient (Wildman–Crippen LogP) is 4.32. The highest BCUT2D eigenvalue weighted by Gasteiger charge is 2.18. The molecule has 0 radical (unpaired) electrons. The molecule has 2 N–H and O–H groups in total. The Hall–Kier alpha value is -1.51. The topological polar surface area (TPSA) is 40.7 Å². The third kappa shape index (κ3) is 3.49. The normalized spacial score (nSPS) is 12.3. The van der Waals surface area contributed by atoms with Crippen LogP contribution < -0.4 is 5.32 Å². The van der Waals surface area contributed by atoms with E-state index in [-0.39, 0.29) is 5.41 Å². The molecular formula is C16H25N3. The fourth-order valence-electron chi connectivity index (χ4n) is 1.98. The molecule has 2 rings (SSSR count). The smallest absolute Gasteiger partial charge is 0.112 e. The minimum Gasteiger partial charge on any atom is -0.385 e. The highest BCUT2D eigenvalue weighted by Crippen LogP contribution is 2.24. The average Bonchev–Trinajstić information content (AvgIpc) is 2.71. The van der Waals surface area contributed by atoms with Crippen molar-refractivity contribution in [3.8, 4) is 0 Å². The molecule has 3 heteroatoms. The summed E-state index contributed by atoms with van der Waals surface area (Å²) in [6.45, 7) is 12.0. The zero-order valence-electron chi connectivity index (χ0n) is 12.7. The van der Waals surface area contributed by atoms with Crippen LogP contribution in [0.25, 0.3) is 11.0 Å². The van der Waals surface area contributed by atoms with E-state index >= 15 is 0 Å². The van der Waals surface area contributed by atoms with Gasteiger partial charge in [-0.1, -0.05) is 34.6 Å². The Labute approximate surface area is 115 Å². The van der Waals surface area contributed by atoms with Crippen molar-refractivity contribution in [2.75, 3.05) is 11.9 Å². The van der Waals surface area contributed by atoms with Gasteiger partial charge in [0.1, 0.15) is 5.82 Å². The van der Waals surface area contributed by atoms with Crippen LogP contribution in [0, 0.1) is 5.92 Å². The lowest BCUT2D eigenvalue weighted by Crippen LogP contribution is -2.12. The van der Waals surface area contributed by atoms with E-state index in [1.807, 2.05) is 0 Å². The highest BCUT2D eigenvalue weighted by atomic mass is 14.9. The first-order chi connectivity index (χ1) is 8.86. The molecule has 2 aromatic rings. The first-order valence-corrected chi connectivity index (χ1v) is 7.10. The molecule has 19 heavy (non-hydrogen) atoms. The summed E-state index contributed by atoms with van der Waals surface area (Å²) in [6, 6.07) is 6.34. The van der Waals surface area contributed by atoms with Gasteiger partial charge in [0.25, 0.3) is 0 Å². The van der Waals surface area contributed by atoms with Crippen molar-refractivity contribution in [1.29, 1.82) is 0 Å². The van der Waals surface area contributed by atoms with Crippen molar-refractivity contribution < 1.29 is 0 Å². The molecule has 1 aromatic heterocycles. The number of H-pyrrole nitrogens is 1. The molecule has 0 fully saturated rings. The Kier molecular flexibility index (Phi) is 3.83. The molecule has 1 heterocycles. The number of rotatable bonds is 4. The van der Waals surface area contributed by atoms with E-state index in [1.54, 1.807) is 0 Å². The highest BCUT2D eigenvalue weighted by molar-refractivity contribution is 5.79. The fourth-order valence-corrected chi connectivity index (χ4v) is 1.98. The van der Waals surface area contributed by atoms with Crippen molar-refractivity contribution in [2.45, 2.75) is 46.5 Å². The maximum atomic E-state index is 4.65. The van der Waals surface area contributed by atoms with Crippen LogP contribution in [0.5, 0.6) is 0 Å². The van der Waals surface area contributed by atoms with Gasteiger partial charge in [-0.2, -0.15) is 0 Å². The number of benzene rings is 1. The number of nitrogens with zero attached hydrogens (tertiary/aromatic N) is 1. The Morgan fingerprint density at radius 1 is 1.26 bits per heavy atom. The van der Waals surface area contributed by atoms with Gasteiger partial charge in [0.05, 0.1) is 11.0 Å². The summed E-state index contributed by atoms with van der Waals surface area (Å²) in [5.74, 6) is 1.78. The largest absolute Gasteiger partial charge is 0.385 e.